The summed E-state index contributed by atoms with van der Waals surface area (Å²) in [4.78, 5) is 15.3. The molecule has 33 heavy (non-hydrogen) atoms. The Morgan fingerprint density at radius 2 is 1.88 bits per heavy atom. The summed E-state index contributed by atoms with van der Waals surface area (Å²) in [5.74, 6) is 0.882. The van der Waals surface area contributed by atoms with E-state index in [0.717, 1.165) is 55.9 Å². The molecule has 8 heteroatoms. The third kappa shape index (κ3) is 6.09. The van der Waals surface area contributed by atoms with E-state index in [1.807, 2.05) is 19.1 Å². The lowest BCUT2D eigenvalue weighted by Crippen LogP contribution is -2.33. The van der Waals surface area contributed by atoms with E-state index in [1.165, 1.54) is 36.6 Å². The maximum absolute atomic E-state index is 12.9. The van der Waals surface area contributed by atoms with Gasteiger partial charge in [0.1, 0.15) is 0 Å². The summed E-state index contributed by atoms with van der Waals surface area (Å²) in [5.41, 5.74) is 2.15. The molecular weight excluding hydrogens is 434 g/mol. The Balaban J connectivity index is 1.45. The summed E-state index contributed by atoms with van der Waals surface area (Å²) in [7, 11) is 0. The van der Waals surface area contributed by atoms with Gasteiger partial charge < -0.3 is 15.0 Å². The van der Waals surface area contributed by atoms with Crippen LogP contribution in [-0.2, 0) is 21.5 Å². The van der Waals surface area contributed by atoms with Gasteiger partial charge in [-0.15, -0.1) is 10.2 Å². The van der Waals surface area contributed by atoms with Crippen molar-refractivity contribution in [3.05, 3.63) is 29.8 Å². The zero-order chi connectivity index (χ0) is 23.4. The molecule has 0 radical (unpaired) electrons. The first-order valence-electron chi connectivity index (χ1n) is 12.2. The molecule has 0 aliphatic carbocycles. The first kappa shape index (κ1) is 24.1. The van der Waals surface area contributed by atoms with Crippen molar-refractivity contribution in [2.24, 2.45) is 0 Å². The van der Waals surface area contributed by atoms with Gasteiger partial charge in [-0.2, -0.15) is 0 Å². The van der Waals surface area contributed by atoms with Gasteiger partial charge in [-0.3, -0.25) is 9.36 Å². The number of thioether (sulfide) groups is 1. The van der Waals surface area contributed by atoms with E-state index in [0.29, 0.717) is 0 Å². The molecule has 4 rings (SSSR count). The van der Waals surface area contributed by atoms with Crippen LogP contribution < -0.4 is 10.2 Å². The number of nitrogens with zero attached hydrogens (tertiary/aromatic N) is 4. The average molecular weight is 472 g/mol. The van der Waals surface area contributed by atoms with Crippen LogP contribution in [0.3, 0.4) is 0 Å². The van der Waals surface area contributed by atoms with Gasteiger partial charge in [-0.05, 0) is 62.1 Å². The minimum absolute atomic E-state index is 0.0327. The molecule has 2 unspecified atom stereocenters. The van der Waals surface area contributed by atoms with Crippen LogP contribution in [0.1, 0.15) is 65.4 Å². The number of nitrogens with one attached hydrogen (secondary N) is 1. The second-order valence-corrected chi connectivity index (χ2v) is 11.5. The van der Waals surface area contributed by atoms with E-state index in [4.69, 9.17) is 4.74 Å². The fourth-order valence-electron chi connectivity index (χ4n) is 4.36. The van der Waals surface area contributed by atoms with Gasteiger partial charge in [0.05, 0.1) is 17.9 Å². The minimum atomic E-state index is -0.297. The van der Waals surface area contributed by atoms with E-state index in [1.54, 1.807) is 0 Å². The van der Waals surface area contributed by atoms with E-state index < -0.39 is 0 Å². The van der Waals surface area contributed by atoms with E-state index in [-0.39, 0.29) is 22.7 Å². The van der Waals surface area contributed by atoms with Crippen LogP contribution in [0.2, 0.25) is 0 Å². The fourth-order valence-corrected chi connectivity index (χ4v) is 5.21. The Labute approximate surface area is 201 Å². The predicted molar refractivity (Wildman–Crippen MR) is 134 cm³/mol. The molecule has 2 aliphatic rings. The van der Waals surface area contributed by atoms with Crippen LogP contribution in [-0.4, -0.2) is 51.7 Å². The molecule has 0 bridgehead atoms. The van der Waals surface area contributed by atoms with Crippen LogP contribution in [0.15, 0.2) is 29.4 Å². The maximum atomic E-state index is 12.9. The van der Waals surface area contributed by atoms with Crippen molar-refractivity contribution in [1.82, 2.24) is 14.8 Å². The topological polar surface area (TPSA) is 72.3 Å². The van der Waals surface area contributed by atoms with Gasteiger partial charge in [0, 0.05) is 25.4 Å². The molecule has 180 valence electrons. The van der Waals surface area contributed by atoms with Gasteiger partial charge in [0.15, 0.2) is 5.16 Å². The van der Waals surface area contributed by atoms with Gasteiger partial charge in [-0.25, -0.2) is 0 Å². The molecular formula is C25H37N5O2S. The van der Waals surface area contributed by atoms with Crippen molar-refractivity contribution >= 4 is 29.3 Å². The molecule has 2 aromatic rings. The zero-order valence-electron chi connectivity index (χ0n) is 20.3. The predicted octanol–water partition coefficient (Wildman–Crippen LogP) is 4.86. The molecule has 7 nitrogen and oxygen atoms in total. The van der Waals surface area contributed by atoms with Crippen LogP contribution >= 0.6 is 11.8 Å². The number of carbonyl (C=O) groups excluding carboxylic acids is 1. The number of benzene rings is 1. The SMILES string of the molecule is CC(Sc1nnc(N2CCCCC2)n1CC1CCCO1)C(=O)Nc1ccc(C(C)(C)C)cc1. The van der Waals surface area contributed by atoms with Crippen LogP contribution in [0.4, 0.5) is 11.6 Å². The molecule has 0 spiro atoms. The van der Waals surface area contributed by atoms with Crippen LogP contribution in [0, 0.1) is 0 Å². The molecule has 2 aliphatic heterocycles. The summed E-state index contributed by atoms with van der Waals surface area (Å²) < 4.78 is 8.08. The second kappa shape index (κ2) is 10.5. The number of hydrogen-bond acceptors (Lipinski definition) is 6. The number of hydrogen-bond donors (Lipinski definition) is 1. The standard InChI is InChI=1S/C25H37N5O2S/c1-18(22(31)26-20-12-10-19(11-13-20)25(2,3)4)33-24-28-27-23(29-14-6-5-7-15-29)30(24)17-21-9-8-16-32-21/h10-13,18,21H,5-9,14-17H2,1-4H3,(H,26,31). The summed E-state index contributed by atoms with van der Waals surface area (Å²) in [5, 5.41) is 12.6. The number of piperidine rings is 1. The number of carbonyl (C=O) groups is 1. The molecule has 3 heterocycles. The van der Waals surface area contributed by atoms with Gasteiger partial charge in [0.25, 0.3) is 0 Å². The highest BCUT2D eigenvalue weighted by Gasteiger charge is 2.27. The highest BCUT2D eigenvalue weighted by atomic mass is 32.2. The van der Waals surface area contributed by atoms with Gasteiger partial charge in [-0.1, -0.05) is 44.7 Å². The quantitative estimate of drug-likeness (QED) is 0.581. The van der Waals surface area contributed by atoms with Crippen molar-refractivity contribution in [2.45, 2.75) is 88.3 Å². The molecule has 1 N–H and O–H groups in total. The molecule has 2 fully saturated rings. The Bertz CT molecular complexity index is 925. The zero-order valence-corrected chi connectivity index (χ0v) is 21.2. The summed E-state index contributed by atoms with van der Waals surface area (Å²) in [6.45, 7) is 12.1. The Morgan fingerprint density at radius 1 is 1.15 bits per heavy atom. The van der Waals surface area contributed by atoms with Gasteiger partial charge >= 0.3 is 0 Å². The number of ether oxygens (including phenoxy) is 1. The highest BCUT2D eigenvalue weighted by Crippen LogP contribution is 2.30. The second-order valence-electron chi connectivity index (χ2n) is 10.2. The fraction of sp³-hybridized carbons (Fsp3) is 0.640. The third-order valence-electron chi connectivity index (χ3n) is 6.42. The average Bonchev–Trinajstić information content (AvgIpc) is 3.45. The van der Waals surface area contributed by atoms with Crippen molar-refractivity contribution in [3.63, 3.8) is 0 Å². The molecule has 1 aromatic heterocycles. The maximum Gasteiger partial charge on any atom is 0.237 e. The number of anilines is 2. The van der Waals surface area contributed by atoms with Crippen LogP contribution in [0.5, 0.6) is 0 Å². The van der Waals surface area contributed by atoms with E-state index >= 15 is 0 Å². The normalized spacial score (nSPS) is 20.1. The molecule has 0 saturated carbocycles. The van der Waals surface area contributed by atoms with Crippen molar-refractivity contribution in [2.75, 3.05) is 29.9 Å². The first-order valence-corrected chi connectivity index (χ1v) is 13.1. The van der Waals surface area contributed by atoms with E-state index in [9.17, 15) is 4.79 Å². The Hall–Kier alpha value is -2.06. The summed E-state index contributed by atoms with van der Waals surface area (Å²) >= 11 is 1.47. The third-order valence-corrected chi connectivity index (χ3v) is 7.50. The first-order chi connectivity index (χ1) is 15.8. The Morgan fingerprint density at radius 3 is 2.52 bits per heavy atom. The number of aromatic nitrogens is 3. The molecule has 2 atom stereocenters. The minimum Gasteiger partial charge on any atom is -0.376 e. The molecule has 1 aromatic carbocycles. The summed E-state index contributed by atoms with van der Waals surface area (Å²) in [6.07, 6.45) is 5.98. The van der Waals surface area contributed by atoms with Crippen LogP contribution in [0.25, 0.3) is 0 Å². The van der Waals surface area contributed by atoms with Crippen molar-refractivity contribution in [1.29, 1.82) is 0 Å². The lowest BCUT2D eigenvalue weighted by molar-refractivity contribution is -0.115. The van der Waals surface area contributed by atoms with Crippen molar-refractivity contribution < 1.29 is 9.53 Å². The summed E-state index contributed by atoms with van der Waals surface area (Å²) in [6, 6.07) is 8.11. The largest absolute Gasteiger partial charge is 0.376 e. The highest BCUT2D eigenvalue weighted by molar-refractivity contribution is 8.00. The van der Waals surface area contributed by atoms with Crippen molar-refractivity contribution in [3.8, 4) is 0 Å². The van der Waals surface area contributed by atoms with Gasteiger partial charge in [0.2, 0.25) is 11.9 Å². The monoisotopic (exact) mass is 471 g/mol. The number of rotatable bonds is 7. The Kier molecular flexibility index (Phi) is 7.64. The lowest BCUT2D eigenvalue weighted by Gasteiger charge is -2.28. The number of amides is 1. The smallest absolute Gasteiger partial charge is 0.237 e. The molecule has 2 saturated heterocycles. The lowest BCUT2D eigenvalue weighted by atomic mass is 9.87. The van der Waals surface area contributed by atoms with E-state index in [2.05, 4.69) is 57.9 Å². The molecule has 1 amide bonds.